The third-order valence-corrected chi connectivity index (χ3v) is 4.70. The molecule has 0 atom stereocenters. The van der Waals surface area contributed by atoms with Crippen LogP contribution in [0.2, 0.25) is 0 Å². The van der Waals surface area contributed by atoms with Crippen LogP contribution < -0.4 is 5.19 Å². The van der Waals surface area contributed by atoms with Gasteiger partial charge in [-0.1, -0.05) is 92.3 Å². The Morgan fingerprint density at radius 3 is 2.05 bits per heavy atom. The molecule has 0 bridgehead atoms. The predicted octanol–water partition coefficient (Wildman–Crippen LogP) is 3.45. The van der Waals surface area contributed by atoms with Crippen LogP contribution in [0.15, 0.2) is 60.3 Å². The van der Waals surface area contributed by atoms with E-state index in [1.807, 2.05) is 0 Å². The van der Waals surface area contributed by atoms with E-state index in [-0.39, 0.29) is 14.9 Å². The first-order valence-corrected chi connectivity index (χ1v) is 8.39. The average Bonchev–Trinajstić information content (AvgIpc) is 2.39. The van der Waals surface area contributed by atoms with Gasteiger partial charge in [-0.15, -0.1) is 0 Å². The van der Waals surface area contributed by atoms with E-state index in [0.29, 0.717) is 0 Å². The smallest absolute Gasteiger partial charge is 0.0783 e. The van der Waals surface area contributed by atoms with Crippen molar-refractivity contribution in [3.63, 3.8) is 0 Å². The van der Waals surface area contributed by atoms with Gasteiger partial charge in [-0.25, -0.2) is 0 Å². The van der Waals surface area contributed by atoms with Crippen LogP contribution in [0.1, 0.15) is 31.9 Å². The van der Waals surface area contributed by atoms with Gasteiger partial charge >= 0.3 is 0 Å². The number of benzene rings is 2. The second kappa shape index (κ2) is 6.03. The van der Waals surface area contributed by atoms with E-state index in [2.05, 4.69) is 87.1 Å². The van der Waals surface area contributed by atoms with E-state index in [1.54, 1.807) is 0 Å². The Morgan fingerprint density at radius 1 is 0.842 bits per heavy atom. The van der Waals surface area contributed by atoms with Crippen LogP contribution in [-0.4, -0.2) is 9.52 Å². The third kappa shape index (κ3) is 4.21. The van der Waals surface area contributed by atoms with Crippen molar-refractivity contribution in [3.8, 4) is 0 Å². The molecular weight excluding hydrogens is 244 g/mol. The third-order valence-electron chi connectivity index (χ3n) is 3.28. The van der Waals surface area contributed by atoms with Gasteiger partial charge < -0.3 is 0 Å². The minimum Gasteiger partial charge on any atom is -0.0956 e. The minimum atomic E-state index is -0.273. The van der Waals surface area contributed by atoms with Crippen molar-refractivity contribution >= 4 is 20.8 Å². The van der Waals surface area contributed by atoms with Crippen LogP contribution in [0.25, 0.3) is 6.08 Å². The van der Waals surface area contributed by atoms with Crippen molar-refractivity contribution in [3.05, 3.63) is 71.4 Å². The topological polar surface area (TPSA) is 0 Å². The summed E-state index contributed by atoms with van der Waals surface area (Å²) in [6.07, 6.45) is 2.26. The summed E-state index contributed by atoms with van der Waals surface area (Å²) >= 11 is 0. The SMILES string of the molecule is CC(C)(C)c1ccc(/C=C/[SiH2]c2ccccc2)cc1. The molecule has 0 saturated carbocycles. The maximum atomic E-state index is 2.36. The first-order valence-electron chi connectivity index (χ1n) is 6.87. The molecule has 0 aliphatic rings. The van der Waals surface area contributed by atoms with Crippen molar-refractivity contribution in [2.24, 2.45) is 0 Å². The molecule has 0 N–H and O–H groups in total. The molecule has 0 amide bonds. The zero-order chi connectivity index (χ0) is 13.7. The summed E-state index contributed by atoms with van der Waals surface area (Å²) in [6, 6.07) is 19.7. The lowest BCUT2D eigenvalue weighted by Gasteiger charge is -2.18. The highest BCUT2D eigenvalue weighted by Gasteiger charge is 2.12. The van der Waals surface area contributed by atoms with Crippen LogP contribution in [0.3, 0.4) is 0 Å². The summed E-state index contributed by atoms with van der Waals surface area (Å²) in [5, 5.41) is 1.49. The molecule has 2 aromatic rings. The van der Waals surface area contributed by atoms with Crippen LogP contribution in [-0.2, 0) is 5.41 Å². The van der Waals surface area contributed by atoms with Crippen molar-refractivity contribution in [1.82, 2.24) is 0 Å². The fourth-order valence-electron chi connectivity index (χ4n) is 2.04. The van der Waals surface area contributed by atoms with Crippen LogP contribution in [0.4, 0.5) is 0 Å². The van der Waals surface area contributed by atoms with E-state index >= 15 is 0 Å². The fourth-order valence-corrected chi connectivity index (χ4v) is 3.25. The van der Waals surface area contributed by atoms with Crippen molar-refractivity contribution in [2.75, 3.05) is 0 Å². The Hall–Kier alpha value is -1.60. The normalized spacial score (nSPS) is 12.6. The Balaban J connectivity index is 2.00. The molecule has 0 saturated heterocycles. The van der Waals surface area contributed by atoms with Gasteiger partial charge in [0.05, 0.1) is 9.52 Å². The molecule has 0 unspecified atom stereocenters. The van der Waals surface area contributed by atoms with Crippen molar-refractivity contribution in [1.29, 1.82) is 0 Å². The molecule has 0 fully saturated rings. The van der Waals surface area contributed by atoms with E-state index in [4.69, 9.17) is 0 Å². The van der Waals surface area contributed by atoms with E-state index < -0.39 is 0 Å². The number of hydrogen-bond acceptors (Lipinski definition) is 0. The molecule has 0 aliphatic heterocycles. The molecule has 19 heavy (non-hydrogen) atoms. The van der Waals surface area contributed by atoms with Gasteiger partial charge in [0.25, 0.3) is 0 Å². The fraction of sp³-hybridized carbons (Fsp3) is 0.222. The van der Waals surface area contributed by atoms with Crippen LogP contribution in [0, 0.1) is 0 Å². The van der Waals surface area contributed by atoms with E-state index in [9.17, 15) is 0 Å². The highest BCUT2D eigenvalue weighted by molar-refractivity contribution is 6.59. The monoisotopic (exact) mass is 266 g/mol. The van der Waals surface area contributed by atoms with Gasteiger partial charge in [0.2, 0.25) is 0 Å². The largest absolute Gasteiger partial charge is 0.0956 e. The molecule has 0 aromatic heterocycles. The average molecular weight is 266 g/mol. The molecular formula is C18H22Si. The Labute approximate surface area is 119 Å². The lowest BCUT2D eigenvalue weighted by atomic mass is 9.87. The molecule has 1 heteroatoms. The molecule has 2 aromatic carbocycles. The summed E-state index contributed by atoms with van der Waals surface area (Å²) < 4.78 is 0. The van der Waals surface area contributed by atoms with Crippen LogP contribution in [0.5, 0.6) is 0 Å². The van der Waals surface area contributed by atoms with Crippen molar-refractivity contribution < 1.29 is 0 Å². The first kappa shape index (κ1) is 13.8. The summed E-state index contributed by atoms with van der Waals surface area (Å²) in [6.45, 7) is 6.75. The highest BCUT2D eigenvalue weighted by atomic mass is 28.2. The van der Waals surface area contributed by atoms with Gasteiger partial charge in [-0.05, 0) is 16.5 Å². The standard InChI is InChI=1S/C18H22Si/c1-18(2,3)16-11-9-15(10-12-16)13-14-19-17-7-5-4-6-8-17/h4-14H,19H2,1-3H3/b14-13+. The molecule has 0 spiro atoms. The first-order chi connectivity index (χ1) is 9.05. The molecule has 98 valence electrons. The zero-order valence-electron chi connectivity index (χ0n) is 12.1. The van der Waals surface area contributed by atoms with E-state index in [0.717, 1.165) is 0 Å². The summed E-state index contributed by atoms with van der Waals surface area (Å²) in [7, 11) is -0.273. The van der Waals surface area contributed by atoms with E-state index in [1.165, 1.54) is 16.3 Å². The molecule has 2 rings (SSSR count). The van der Waals surface area contributed by atoms with Gasteiger partial charge in [0.1, 0.15) is 0 Å². The quantitative estimate of drug-likeness (QED) is 0.747. The molecule has 0 heterocycles. The lowest BCUT2D eigenvalue weighted by Crippen LogP contribution is -2.10. The maximum Gasteiger partial charge on any atom is 0.0783 e. The molecule has 0 aliphatic carbocycles. The summed E-state index contributed by atoms with van der Waals surface area (Å²) in [4.78, 5) is 0. The van der Waals surface area contributed by atoms with Gasteiger partial charge in [0, 0.05) is 0 Å². The Bertz CT molecular complexity index is 530. The highest BCUT2D eigenvalue weighted by Crippen LogP contribution is 2.22. The summed E-state index contributed by atoms with van der Waals surface area (Å²) in [5.41, 5.74) is 5.30. The Morgan fingerprint density at radius 2 is 1.47 bits per heavy atom. The second-order valence-electron chi connectivity index (χ2n) is 5.96. The number of hydrogen-bond donors (Lipinski definition) is 0. The Kier molecular flexibility index (Phi) is 4.38. The zero-order valence-corrected chi connectivity index (χ0v) is 13.5. The summed E-state index contributed by atoms with van der Waals surface area (Å²) in [5.74, 6) is 0. The van der Waals surface area contributed by atoms with Gasteiger partial charge in [0.15, 0.2) is 0 Å². The molecule has 0 nitrogen and oxygen atoms in total. The lowest BCUT2D eigenvalue weighted by molar-refractivity contribution is 0.590. The second-order valence-corrected chi connectivity index (χ2v) is 7.66. The van der Waals surface area contributed by atoms with Gasteiger partial charge in [-0.3, -0.25) is 0 Å². The van der Waals surface area contributed by atoms with Crippen molar-refractivity contribution in [2.45, 2.75) is 26.2 Å². The molecule has 0 radical (unpaired) electrons. The maximum absolute atomic E-state index is 2.36. The number of rotatable bonds is 3. The predicted molar refractivity (Wildman–Crippen MR) is 88.8 cm³/mol. The van der Waals surface area contributed by atoms with Gasteiger partial charge in [-0.2, -0.15) is 0 Å². The minimum absolute atomic E-state index is 0.237. The van der Waals surface area contributed by atoms with Crippen LogP contribution >= 0.6 is 0 Å².